The average Bonchev–Trinajstić information content (AvgIpc) is 2.90. The summed E-state index contributed by atoms with van der Waals surface area (Å²) in [6.07, 6.45) is 3.55. The fourth-order valence-corrected chi connectivity index (χ4v) is 6.84. The molecule has 11 heteroatoms. The van der Waals surface area contributed by atoms with Gasteiger partial charge in [-0.15, -0.1) is 0 Å². The minimum atomic E-state index is -2.99. The van der Waals surface area contributed by atoms with E-state index in [9.17, 15) is 9.13 Å². The Balaban J connectivity index is 0.000000676. The van der Waals surface area contributed by atoms with Gasteiger partial charge in [-0.25, -0.2) is 0 Å². The van der Waals surface area contributed by atoms with Crippen LogP contribution in [0.2, 0.25) is 0 Å². The maximum absolute atomic E-state index is 12.4. The zero-order valence-corrected chi connectivity index (χ0v) is 27.3. The van der Waals surface area contributed by atoms with Gasteiger partial charge in [-0.3, -0.25) is 9.13 Å². The second kappa shape index (κ2) is 21.5. The van der Waals surface area contributed by atoms with Crippen LogP contribution in [0.25, 0.3) is 6.08 Å². The molecule has 0 amide bonds. The summed E-state index contributed by atoms with van der Waals surface area (Å²) < 4.78 is 54.6. The Morgan fingerprint density at radius 1 is 0.769 bits per heavy atom. The van der Waals surface area contributed by atoms with Crippen molar-refractivity contribution in [2.45, 2.75) is 66.2 Å². The van der Waals surface area contributed by atoms with Gasteiger partial charge in [0.25, 0.3) is 0 Å². The summed E-state index contributed by atoms with van der Waals surface area (Å²) in [6, 6.07) is 16.0. The molecule has 2 unspecified atom stereocenters. The third-order valence-corrected chi connectivity index (χ3v) is 9.54. The fraction of sp³-hybridized carbons (Fsp3) is 0.500. The molecule has 0 saturated carbocycles. The Labute approximate surface area is 238 Å². The predicted molar refractivity (Wildman–Crippen MR) is 167 cm³/mol. The van der Waals surface area contributed by atoms with Gasteiger partial charge >= 0.3 is 35.9 Å². The standard InChI is InChI=1S/C15H25O3P.C13H19O3P.BH2OP/c1-5-13(4)15-10-8-14(9-11-15)12-19(16,17-6-2)18-7-3;1-4-12-7-9-13(10-8-12)11-17(14,15-5-2)16-6-3;2-1-3/h8-11,13H,5-7,12H2,1-4H3;4,7-10H,1,5-6,11H2,2-3H3;3H2. The number of hydrogen-bond acceptors (Lipinski definition) is 7. The summed E-state index contributed by atoms with van der Waals surface area (Å²) in [7, 11) is -4.08. The molecule has 2 aromatic carbocycles. The van der Waals surface area contributed by atoms with Crippen LogP contribution in [0.15, 0.2) is 55.1 Å². The Morgan fingerprint density at radius 3 is 1.38 bits per heavy atom. The van der Waals surface area contributed by atoms with Crippen LogP contribution in [-0.4, -0.2) is 33.3 Å². The van der Waals surface area contributed by atoms with E-state index in [1.54, 1.807) is 6.08 Å². The molecule has 0 aliphatic rings. The van der Waals surface area contributed by atoms with Crippen molar-refractivity contribution in [2.24, 2.45) is 0 Å². The van der Waals surface area contributed by atoms with Crippen molar-refractivity contribution in [2.75, 3.05) is 26.4 Å². The van der Waals surface area contributed by atoms with Crippen molar-refractivity contribution in [1.29, 1.82) is 0 Å². The van der Waals surface area contributed by atoms with Gasteiger partial charge in [0.2, 0.25) is 0 Å². The third-order valence-electron chi connectivity index (χ3n) is 5.43. The van der Waals surface area contributed by atoms with Crippen molar-refractivity contribution >= 4 is 37.3 Å². The summed E-state index contributed by atoms with van der Waals surface area (Å²) >= 11 is 0. The molecule has 0 saturated heterocycles. The first kappa shape index (κ1) is 37.8. The summed E-state index contributed by atoms with van der Waals surface area (Å²) in [5.74, 6) is 0.555. The van der Waals surface area contributed by atoms with Crippen LogP contribution in [0, 0.1) is 0 Å². The molecule has 0 fully saturated rings. The average molecular weight is 598 g/mol. The Hall–Kier alpha value is -1.23. The van der Waals surface area contributed by atoms with E-state index in [1.165, 1.54) is 5.56 Å². The van der Waals surface area contributed by atoms with Gasteiger partial charge in [0.15, 0.2) is 0 Å². The molecule has 0 bridgehead atoms. The zero-order valence-electron chi connectivity index (χ0n) is 24.3. The molecule has 2 atom stereocenters. The number of hydrogen-bond donors (Lipinski definition) is 0. The Morgan fingerprint density at radius 2 is 1.10 bits per heavy atom. The molecule has 0 aromatic heterocycles. The van der Waals surface area contributed by atoms with Crippen molar-refractivity contribution in [3.63, 3.8) is 0 Å². The van der Waals surface area contributed by atoms with Crippen molar-refractivity contribution in [3.05, 3.63) is 77.4 Å². The Bertz CT molecular complexity index is 1010. The fourth-order valence-electron chi connectivity index (χ4n) is 3.44. The number of rotatable bonds is 15. The number of benzene rings is 2. The molecule has 0 radical (unpaired) electrons. The topological polar surface area (TPSA) is 88.1 Å². The van der Waals surface area contributed by atoms with Crippen LogP contribution in [0.4, 0.5) is 0 Å². The van der Waals surface area contributed by atoms with Crippen molar-refractivity contribution < 1.29 is 31.9 Å². The van der Waals surface area contributed by atoms with E-state index in [-0.39, 0.29) is 0 Å². The van der Waals surface area contributed by atoms with Crippen LogP contribution in [0.5, 0.6) is 0 Å². The van der Waals surface area contributed by atoms with Crippen LogP contribution in [0.3, 0.4) is 0 Å². The molecule has 0 N–H and O–H groups in total. The molecule has 0 aliphatic carbocycles. The second-order valence-corrected chi connectivity index (χ2v) is 12.7. The first-order valence-electron chi connectivity index (χ1n) is 13.3. The summed E-state index contributed by atoms with van der Waals surface area (Å²) in [6.45, 7) is 17.6. The van der Waals surface area contributed by atoms with E-state index in [2.05, 4.69) is 32.6 Å². The molecule has 7 nitrogen and oxygen atoms in total. The first-order valence-corrected chi connectivity index (χ1v) is 17.4. The molecule has 2 aromatic rings. The van der Waals surface area contributed by atoms with Gasteiger partial charge in [0, 0.05) is 0 Å². The van der Waals surface area contributed by atoms with Crippen LogP contribution < -0.4 is 0 Å². The third kappa shape index (κ3) is 16.0. The summed E-state index contributed by atoms with van der Waals surface area (Å²) in [5, 5.41) is 0. The Kier molecular flexibility index (Phi) is 20.8. The van der Waals surface area contributed by atoms with Gasteiger partial charge < -0.3 is 18.1 Å². The molecule has 39 heavy (non-hydrogen) atoms. The van der Waals surface area contributed by atoms with Gasteiger partial charge in [-0.2, -0.15) is 0 Å². The first-order chi connectivity index (χ1) is 18.6. The molecular formula is C28H46BO7P3. The van der Waals surface area contributed by atoms with Gasteiger partial charge in [0.05, 0.1) is 38.8 Å². The quantitative estimate of drug-likeness (QED) is 0.149. The van der Waals surface area contributed by atoms with Crippen LogP contribution in [0.1, 0.15) is 76.1 Å². The van der Waals surface area contributed by atoms with E-state index >= 15 is 0 Å². The SMILES string of the molecule is C=Cc1ccc(CP(=O)(OCC)OCC)cc1.CCOP(=O)(Cc1ccc(C(C)CC)cc1)OCC.O=BP. The monoisotopic (exact) mass is 598 g/mol. The van der Waals surface area contributed by atoms with Crippen LogP contribution in [-0.2, 0) is 44.3 Å². The minimum absolute atomic E-state index is 0.312. The second-order valence-electron chi connectivity index (χ2n) is 8.34. The molecule has 0 spiro atoms. The normalized spacial score (nSPS) is 11.8. The van der Waals surface area contributed by atoms with E-state index in [4.69, 9.17) is 22.8 Å². The molecule has 0 aliphatic heterocycles. The van der Waals surface area contributed by atoms with E-state index in [0.717, 1.165) is 23.1 Å². The van der Waals surface area contributed by atoms with Crippen molar-refractivity contribution in [1.82, 2.24) is 0 Å². The predicted octanol–water partition coefficient (Wildman–Crippen LogP) is 8.89. The van der Waals surface area contributed by atoms with Crippen LogP contribution >= 0.6 is 24.3 Å². The van der Waals surface area contributed by atoms with Gasteiger partial charge in [-0.05, 0) is 62.3 Å². The van der Waals surface area contributed by atoms with E-state index < -0.39 is 15.2 Å². The molecule has 2 rings (SSSR count). The molecular weight excluding hydrogens is 552 g/mol. The van der Waals surface area contributed by atoms with E-state index in [0.29, 0.717) is 51.5 Å². The van der Waals surface area contributed by atoms with Gasteiger partial charge in [0.1, 0.15) is 0 Å². The maximum atomic E-state index is 12.4. The zero-order chi connectivity index (χ0) is 29.7. The summed E-state index contributed by atoms with van der Waals surface area (Å²) in [5.41, 5.74) is 4.29. The summed E-state index contributed by atoms with van der Waals surface area (Å²) in [4.78, 5) is 0. The van der Waals surface area contributed by atoms with Crippen molar-refractivity contribution in [3.8, 4) is 0 Å². The molecule has 0 heterocycles. The van der Waals surface area contributed by atoms with Gasteiger partial charge in [-0.1, -0.05) is 75.0 Å². The molecule has 218 valence electrons. The van der Waals surface area contributed by atoms with E-state index in [1.807, 2.05) is 73.2 Å².